The van der Waals surface area contributed by atoms with Gasteiger partial charge in [0.1, 0.15) is 0 Å². The number of amides is 1. The minimum atomic E-state index is -0.0448. The van der Waals surface area contributed by atoms with Crippen LogP contribution in [0.25, 0.3) is 0 Å². The molecule has 0 bridgehead atoms. The van der Waals surface area contributed by atoms with Gasteiger partial charge in [-0.3, -0.25) is 14.5 Å². The van der Waals surface area contributed by atoms with E-state index in [1.165, 1.54) is 0 Å². The van der Waals surface area contributed by atoms with Gasteiger partial charge < -0.3 is 10.3 Å². The summed E-state index contributed by atoms with van der Waals surface area (Å²) >= 11 is 0. The van der Waals surface area contributed by atoms with E-state index in [-0.39, 0.29) is 30.8 Å². The SMILES string of the molecule is CCN(CC(=O)NC(C)C)CC(=O)c1cc(C)[nH]c1C. The van der Waals surface area contributed by atoms with Crippen LogP contribution in [-0.4, -0.2) is 47.3 Å². The third-order valence-electron chi connectivity index (χ3n) is 3.08. The second kappa shape index (κ2) is 7.24. The van der Waals surface area contributed by atoms with Gasteiger partial charge in [0, 0.05) is 23.0 Å². The van der Waals surface area contributed by atoms with E-state index >= 15 is 0 Å². The first-order valence-electron chi connectivity index (χ1n) is 7.04. The van der Waals surface area contributed by atoms with E-state index in [9.17, 15) is 9.59 Å². The molecular weight excluding hydrogens is 254 g/mol. The Bertz CT molecular complexity index is 477. The van der Waals surface area contributed by atoms with Gasteiger partial charge >= 0.3 is 0 Å². The monoisotopic (exact) mass is 279 g/mol. The van der Waals surface area contributed by atoms with Gasteiger partial charge in [-0.25, -0.2) is 0 Å². The number of rotatable bonds is 7. The van der Waals surface area contributed by atoms with Gasteiger partial charge in [0.15, 0.2) is 5.78 Å². The third-order valence-corrected chi connectivity index (χ3v) is 3.08. The Kier molecular flexibility index (Phi) is 5.95. The summed E-state index contributed by atoms with van der Waals surface area (Å²) in [6, 6.07) is 1.98. The van der Waals surface area contributed by atoms with Crippen LogP contribution >= 0.6 is 0 Å². The molecule has 20 heavy (non-hydrogen) atoms. The number of ketones is 1. The lowest BCUT2D eigenvalue weighted by Gasteiger charge is -2.19. The molecule has 0 saturated carbocycles. The lowest BCUT2D eigenvalue weighted by Crippen LogP contribution is -2.41. The van der Waals surface area contributed by atoms with E-state index < -0.39 is 0 Å². The van der Waals surface area contributed by atoms with Gasteiger partial charge in [0.2, 0.25) is 5.91 Å². The van der Waals surface area contributed by atoms with E-state index in [0.717, 1.165) is 11.4 Å². The molecule has 0 saturated heterocycles. The molecule has 2 N–H and O–H groups in total. The molecule has 0 spiro atoms. The van der Waals surface area contributed by atoms with Crippen molar-refractivity contribution in [2.24, 2.45) is 0 Å². The van der Waals surface area contributed by atoms with Crippen LogP contribution in [0.15, 0.2) is 6.07 Å². The fourth-order valence-electron chi connectivity index (χ4n) is 2.15. The van der Waals surface area contributed by atoms with Gasteiger partial charge in [-0.15, -0.1) is 0 Å². The summed E-state index contributed by atoms with van der Waals surface area (Å²) in [5.74, 6) is 0.00247. The van der Waals surface area contributed by atoms with E-state index in [4.69, 9.17) is 0 Å². The number of aromatic amines is 1. The van der Waals surface area contributed by atoms with Crippen LogP contribution in [0.1, 0.15) is 42.5 Å². The summed E-state index contributed by atoms with van der Waals surface area (Å²) in [6.45, 7) is 10.8. The van der Waals surface area contributed by atoms with Crippen molar-refractivity contribution in [1.29, 1.82) is 0 Å². The second-order valence-corrected chi connectivity index (χ2v) is 5.44. The fraction of sp³-hybridized carbons (Fsp3) is 0.600. The van der Waals surface area contributed by atoms with Crippen LogP contribution in [0.5, 0.6) is 0 Å². The van der Waals surface area contributed by atoms with Crippen molar-refractivity contribution < 1.29 is 9.59 Å². The number of H-pyrrole nitrogens is 1. The Morgan fingerprint density at radius 3 is 2.40 bits per heavy atom. The zero-order valence-corrected chi connectivity index (χ0v) is 13.0. The van der Waals surface area contributed by atoms with Crippen molar-refractivity contribution in [2.45, 2.75) is 40.7 Å². The number of aromatic nitrogens is 1. The summed E-state index contributed by atoms with van der Waals surface area (Å²) in [6.07, 6.45) is 0. The van der Waals surface area contributed by atoms with Gasteiger partial charge in [-0.1, -0.05) is 6.92 Å². The lowest BCUT2D eigenvalue weighted by molar-refractivity contribution is -0.122. The average molecular weight is 279 g/mol. The number of nitrogens with zero attached hydrogens (tertiary/aromatic N) is 1. The third kappa shape index (κ3) is 4.81. The van der Waals surface area contributed by atoms with Gasteiger partial charge in [-0.2, -0.15) is 0 Å². The first kappa shape index (κ1) is 16.4. The molecule has 1 amide bonds. The average Bonchev–Trinajstić information content (AvgIpc) is 2.66. The Balaban J connectivity index is 2.62. The summed E-state index contributed by atoms with van der Waals surface area (Å²) in [5, 5.41) is 2.84. The Hall–Kier alpha value is -1.62. The smallest absolute Gasteiger partial charge is 0.234 e. The van der Waals surface area contributed by atoms with Crippen molar-refractivity contribution in [3.8, 4) is 0 Å². The predicted octanol–water partition coefficient (Wildman–Crippen LogP) is 1.66. The number of likely N-dealkylation sites (N-methyl/N-ethyl adjacent to an activating group) is 1. The van der Waals surface area contributed by atoms with Gasteiger partial charge in [0.05, 0.1) is 13.1 Å². The summed E-state index contributed by atoms with van der Waals surface area (Å²) in [5.41, 5.74) is 2.58. The van der Waals surface area contributed by atoms with Crippen LogP contribution in [0, 0.1) is 13.8 Å². The standard InChI is InChI=1S/C15H25N3O2/c1-6-18(9-15(20)16-10(2)3)8-14(19)13-7-11(4)17-12(13)5/h7,10,17H,6,8-9H2,1-5H3,(H,16,20). The number of Topliss-reactive ketones (excluding diaryl/α,β-unsaturated/α-hetero) is 1. The molecule has 0 atom stereocenters. The molecule has 0 fully saturated rings. The summed E-state index contributed by atoms with van der Waals surface area (Å²) in [4.78, 5) is 29.0. The molecule has 1 heterocycles. The largest absolute Gasteiger partial charge is 0.362 e. The number of carbonyl (C=O) groups is 2. The summed E-state index contributed by atoms with van der Waals surface area (Å²) < 4.78 is 0. The molecule has 1 aromatic rings. The molecule has 5 heteroatoms. The maximum atomic E-state index is 12.3. The maximum Gasteiger partial charge on any atom is 0.234 e. The quantitative estimate of drug-likeness (QED) is 0.746. The lowest BCUT2D eigenvalue weighted by atomic mass is 10.1. The number of nitrogens with one attached hydrogen (secondary N) is 2. The molecule has 5 nitrogen and oxygen atoms in total. The zero-order valence-electron chi connectivity index (χ0n) is 13.0. The van der Waals surface area contributed by atoms with E-state index in [1.54, 1.807) is 0 Å². The van der Waals surface area contributed by atoms with Crippen LogP contribution in [0.4, 0.5) is 0 Å². The highest BCUT2D eigenvalue weighted by atomic mass is 16.2. The van der Waals surface area contributed by atoms with E-state index in [0.29, 0.717) is 12.1 Å². The van der Waals surface area contributed by atoms with Crippen LogP contribution in [-0.2, 0) is 4.79 Å². The molecule has 0 aliphatic heterocycles. The Labute approximate surface area is 120 Å². The zero-order chi connectivity index (χ0) is 15.3. The predicted molar refractivity (Wildman–Crippen MR) is 80.0 cm³/mol. The van der Waals surface area contributed by atoms with Gasteiger partial charge in [-0.05, 0) is 40.3 Å². The first-order valence-corrected chi connectivity index (χ1v) is 7.04. The molecule has 0 aliphatic rings. The number of hydrogen-bond donors (Lipinski definition) is 2. The molecule has 1 aromatic heterocycles. The molecule has 0 radical (unpaired) electrons. The maximum absolute atomic E-state index is 12.3. The number of hydrogen-bond acceptors (Lipinski definition) is 3. The molecular formula is C15H25N3O2. The van der Waals surface area contributed by atoms with Crippen LogP contribution in [0.2, 0.25) is 0 Å². The van der Waals surface area contributed by atoms with Crippen molar-refractivity contribution >= 4 is 11.7 Å². The topological polar surface area (TPSA) is 65.2 Å². The minimum absolute atomic E-state index is 0.0448. The highest BCUT2D eigenvalue weighted by molar-refractivity contribution is 5.99. The Morgan fingerprint density at radius 1 is 1.30 bits per heavy atom. The highest BCUT2D eigenvalue weighted by Gasteiger charge is 2.17. The second-order valence-electron chi connectivity index (χ2n) is 5.44. The van der Waals surface area contributed by atoms with Crippen molar-refractivity contribution in [1.82, 2.24) is 15.2 Å². The highest BCUT2D eigenvalue weighted by Crippen LogP contribution is 2.10. The number of aryl methyl sites for hydroxylation is 2. The fourth-order valence-corrected chi connectivity index (χ4v) is 2.15. The van der Waals surface area contributed by atoms with Crippen molar-refractivity contribution in [3.63, 3.8) is 0 Å². The van der Waals surface area contributed by atoms with Crippen LogP contribution < -0.4 is 5.32 Å². The Morgan fingerprint density at radius 2 is 1.95 bits per heavy atom. The molecule has 1 rings (SSSR count). The van der Waals surface area contributed by atoms with E-state index in [1.807, 2.05) is 45.6 Å². The van der Waals surface area contributed by atoms with Crippen LogP contribution in [0.3, 0.4) is 0 Å². The number of carbonyl (C=O) groups excluding carboxylic acids is 2. The van der Waals surface area contributed by atoms with E-state index in [2.05, 4.69) is 10.3 Å². The van der Waals surface area contributed by atoms with Crippen molar-refractivity contribution in [3.05, 3.63) is 23.0 Å². The normalized spacial score (nSPS) is 11.2. The molecule has 112 valence electrons. The first-order chi connectivity index (χ1) is 9.33. The van der Waals surface area contributed by atoms with Crippen molar-refractivity contribution in [2.75, 3.05) is 19.6 Å². The molecule has 0 unspecified atom stereocenters. The molecule has 0 aliphatic carbocycles. The summed E-state index contributed by atoms with van der Waals surface area (Å²) in [7, 11) is 0. The minimum Gasteiger partial charge on any atom is -0.362 e. The molecule has 0 aromatic carbocycles. The van der Waals surface area contributed by atoms with Gasteiger partial charge in [0.25, 0.3) is 0 Å².